The number of carbonyl (C=O) groups excluding carboxylic acids is 2. The van der Waals surface area contributed by atoms with E-state index in [1.165, 1.54) is 0 Å². The number of hydrogen-bond acceptors (Lipinski definition) is 10. The third kappa shape index (κ3) is 3.24. The number of ether oxygens (including phenoxy) is 3. The average Bonchev–Trinajstić information content (AvgIpc) is 2.80. The first kappa shape index (κ1) is 21.4. The van der Waals surface area contributed by atoms with Crippen molar-refractivity contribution in [2.24, 2.45) is 11.8 Å². The number of allylic oxidation sites excluding steroid dienone is 3. The van der Waals surface area contributed by atoms with Crippen molar-refractivity contribution in [3.63, 3.8) is 0 Å². The van der Waals surface area contributed by atoms with Gasteiger partial charge in [-0.25, -0.2) is 9.59 Å². The Hall–Kier alpha value is -2.40. The van der Waals surface area contributed by atoms with Gasteiger partial charge in [0, 0.05) is 31.3 Å². The van der Waals surface area contributed by atoms with Crippen LogP contribution < -0.4 is 0 Å². The van der Waals surface area contributed by atoms with Crippen LogP contribution >= 0.6 is 0 Å². The molecule has 2 N–H and O–H groups in total. The quantitative estimate of drug-likeness (QED) is 0.320. The Morgan fingerprint density at radius 1 is 1.16 bits per heavy atom. The summed E-state index contributed by atoms with van der Waals surface area (Å²) in [5.41, 5.74) is -1.21. The van der Waals surface area contributed by atoms with Crippen LogP contribution in [-0.2, 0) is 33.6 Å². The van der Waals surface area contributed by atoms with Crippen LogP contribution in [0, 0.1) is 11.8 Å². The molecule has 10 heteroatoms. The van der Waals surface area contributed by atoms with Crippen molar-refractivity contribution in [2.75, 3.05) is 20.7 Å². The van der Waals surface area contributed by atoms with Crippen molar-refractivity contribution in [1.82, 2.24) is 4.90 Å². The number of rotatable bonds is 1. The molecular weight excluding hydrogens is 422 g/mol. The second-order valence-corrected chi connectivity index (χ2v) is 9.03. The Morgan fingerprint density at radius 2 is 1.94 bits per heavy atom. The summed E-state index contributed by atoms with van der Waals surface area (Å²) in [4.78, 5) is 37.4. The van der Waals surface area contributed by atoms with E-state index in [-0.39, 0.29) is 17.9 Å². The van der Waals surface area contributed by atoms with Gasteiger partial charge in [0.15, 0.2) is 35.8 Å². The highest BCUT2D eigenvalue weighted by Crippen LogP contribution is 2.50. The van der Waals surface area contributed by atoms with Crippen molar-refractivity contribution in [1.29, 1.82) is 0 Å². The Kier molecular flexibility index (Phi) is 5.28. The van der Waals surface area contributed by atoms with Crippen LogP contribution in [0.5, 0.6) is 0 Å². The average molecular weight is 449 g/mol. The molecule has 8 atom stereocenters. The molecule has 0 aromatic rings. The number of esters is 1. The molecule has 0 aromatic heterocycles. The van der Waals surface area contributed by atoms with Crippen LogP contribution in [0.25, 0.3) is 0 Å². The van der Waals surface area contributed by atoms with E-state index in [4.69, 9.17) is 24.0 Å². The summed E-state index contributed by atoms with van der Waals surface area (Å²) in [5.74, 6) is -1.31. The number of aliphatic hydroxyl groups excluding tert-OH is 2. The molecular formula is C22H27NO9. The van der Waals surface area contributed by atoms with E-state index < -0.39 is 42.0 Å². The first-order valence-corrected chi connectivity index (χ1v) is 10.8. The van der Waals surface area contributed by atoms with Gasteiger partial charge in [0.2, 0.25) is 0 Å². The maximum atomic E-state index is 12.9. The standard InChI is InChI=1S/C22H27NO9/c1-23-8-7-22-12-4-6-15(31-32-21(27)18(25)17(24)20(26)30-22)19(22)29-16-10-11(9-13(12)23)3-5-14(16)28-2/h3-6,11-13,15,17-19,24-25H,7-10H2,1-2H3/t11?,12-,13-,15+,17?,18?,19-,22+/m1/s1. The van der Waals surface area contributed by atoms with Gasteiger partial charge < -0.3 is 29.3 Å². The molecule has 3 fully saturated rings. The molecule has 1 spiro atoms. The molecule has 5 aliphatic rings. The summed E-state index contributed by atoms with van der Waals surface area (Å²) in [6, 6.07) is 0.0190. The monoisotopic (exact) mass is 449 g/mol. The molecule has 0 saturated carbocycles. The van der Waals surface area contributed by atoms with E-state index in [0.717, 1.165) is 6.42 Å². The molecule has 3 aliphatic heterocycles. The number of hydrogen-bond donors (Lipinski definition) is 2. The summed E-state index contributed by atoms with van der Waals surface area (Å²) in [5, 5.41) is 20.3. The third-order valence-electron chi connectivity index (χ3n) is 7.28. The van der Waals surface area contributed by atoms with Crippen molar-refractivity contribution in [3.05, 3.63) is 35.8 Å². The molecule has 5 rings (SSSR count). The lowest BCUT2D eigenvalue weighted by Crippen LogP contribution is -2.68. The number of methoxy groups -OCH3 is 1. The second kappa shape index (κ2) is 7.87. The zero-order chi connectivity index (χ0) is 22.6. The molecule has 0 amide bonds. The highest BCUT2D eigenvalue weighted by molar-refractivity contribution is 5.85. The molecule has 10 nitrogen and oxygen atoms in total. The third-order valence-corrected chi connectivity index (χ3v) is 7.28. The minimum atomic E-state index is -2.12. The first-order chi connectivity index (χ1) is 15.3. The van der Waals surface area contributed by atoms with Crippen molar-refractivity contribution < 1.29 is 43.8 Å². The highest BCUT2D eigenvalue weighted by Gasteiger charge is 2.62. The summed E-state index contributed by atoms with van der Waals surface area (Å²) < 4.78 is 18.0. The number of likely N-dealkylation sites (tertiary alicyclic amines) is 1. The van der Waals surface area contributed by atoms with Crippen LogP contribution in [-0.4, -0.2) is 83.8 Å². The van der Waals surface area contributed by atoms with Crippen molar-refractivity contribution in [3.8, 4) is 0 Å². The minimum absolute atomic E-state index is 0.0190. The van der Waals surface area contributed by atoms with Gasteiger partial charge in [-0.05, 0) is 25.5 Å². The normalized spacial score (nSPS) is 43.8. The molecule has 3 saturated heterocycles. The van der Waals surface area contributed by atoms with Crippen molar-refractivity contribution >= 4 is 11.9 Å². The molecule has 32 heavy (non-hydrogen) atoms. The van der Waals surface area contributed by atoms with Crippen LogP contribution in [0.3, 0.4) is 0 Å². The van der Waals surface area contributed by atoms with Gasteiger partial charge in [-0.15, -0.1) is 0 Å². The molecule has 3 unspecified atom stereocenters. The van der Waals surface area contributed by atoms with Gasteiger partial charge in [-0.3, -0.25) is 4.89 Å². The fourth-order valence-electron chi connectivity index (χ4n) is 5.56. The summed E-state index contributed by atoms with van der Waals surface area (Å²) >= 11 is 0. The number of fused-ring (bicyclic) bond motifs is 2. The van der Waals surface area contributed by atoms with E-state index >= 15 is 0 Å². The van der Waals surface area contributed by atoms with E-state index in [1.54, 1.807) is 13.2 Å². The fourth-order valence-corrected chi connectivity index (χ4v) is 5.56. The Bertz CT molecular complexity index is 898. The number of carbonyl (C=O) groups is 2. The van der Waals surface area contributed by atoms with Crippen LogP contribution in [0.4, 0.5) is 0 Å². The van der Waals surface area contributed by atoms with Crippen LogP contribution in [0.15, 0.2) is 35.8 Å². The maximum absolute atomic E-state index is 12.9. The SMILES string of the molecule is COC1=C2CC(C=C1)C[C@@H]1[C@H]3C=C[C@@H]4OOC(=O)C(O)C(O)C(=O)O[C@]3(CCN1C)[C@@H]4O2. The smallest absolute Gasteiger partial charge is 0.373 e. The summed E-state index contributed by atoms with van der Waals surface area (Å²) in [6.45, 7) is 0.611. The number of aliphatic hydroxyl groups is 2. The van der Waals surface area contributed by atoms with Gasteiger partial charge in [-0.1, -0.05) is 18.2 Å². The topological polar surface area (TPSA) is 124 Å². The molecule has 0 radical (unpaired) electrons. The predicted molar refractivity (Wildman–Crippen MR) is 106 cm³/mol. The van der Waals surface area contributed by atoms with Gasteiger partial charge in [0.05, 0.1) is 7.11 Å². The first-order valence-electron chi connectivity index (χ1n) is 10.8. The summed E-state index contributed by atoms with van der Waals surface area (Å²) in [6.07, 6.45) is 3.44. The Balaban J connectivity index is 1.66. The van der Waals surface area contributed by atoms with Gasteiger partial charge in [0.25, 0.3) is 0 Å². The predicted octanol–water partition coefficient (Wildman–Crippen LogP) is -0.0397. The second-order valence-electron chi connectivity index (χ2n) is 9.03. The summed E-state index contributed by atoms with van der Waals surface area (Å²) in [7, 11) is 3.59. The Labute approximate surface area is 184 Å². The molecule has 2 aliphatic carbocycles. The van der Waals surface area contributed by atoms with E-state index in [1.807, 2.05) is 19.2 Å². The lowest BCUT2D eigenvalue weighted by Gasteiger charge is -2.55. The Morgan fingerprint density at radius 3 is 2.72 bits per heavy atom. The molecule has 7 bridgehead atoms. The van der Waals surface area contributed by atoms with E-state index in [0.29, 0.717) is 30.9 Å². The van der Waals surface area contributed by atoms with Gasteiger partial charge in [-0.2, -0.15) is 4.89 Å². The fraction of sp³-hybridized carbons (Fsp3) is 0.636. The van der Waals surface area contributed by atoms with Crippen LogP contribution in [0.2, 0.25) is 0 Å². The number of nitrogens with zero attached hydrogens (tertiary/aromatic N) is 1. The zero-order valence-corrected chi connectivity index (χ0v) is 17.9. The van der Waals surface area contributed by atoms with Crippen molar-refractivity contribution in [2.45, 2.75) is 55.3 Å². The highest BCUT2D eigenvalue weighted by atomic mass is 17.2. The number of piperidine rings is 1. The van der Waals surface area contributed by atoms with Gasteiger partial charge >= 0.3 is 11.9 Å². The lowest BCUT2D eigenvalue weighted by atomic mass is 9.66. The molecule has 174 valence electrons. The van der Waals surface area contributed by atoms with Crippen LogP contribution in [0.1, 0.15) is 19.3 Å². The lowest BCUT2D eigenvalue weighted by molar-refractivity contribution is -0.330. The maximum Gasteiger partial charge on any atom is 0.373 e. The molecule has 0 aromatic carbocycles. The van der Waals surface area contributed by atoms with E-state index in [2.05, 4.69) is 11.0 Å². The van der Waals surface area contributed by atoms with E-state index in [9.17, 15) is 19.8 Å². The van der Waals surface area contributed by atoms with Gasteiger partial charge in [0.1, 0.15) is 5.76 Å². The largest absolute Gasteiger partial charge is 0.493 e. The molecule has 3 heterocycles. The minimum Gasteiger partial charge on any atom is -0.493 e. The zero-order valence-electron chi connectivity index (χ0n) is 17.9.